The van der Waals surface area contributed by atoms with Crippen LogP contribution in [0.25, 0.3) is 0 Å². The summed E-state index contributed by atoms with van der Waals surface area (Å²) in [6, 6.07) is 31.4. The van der Waals surface area contributed by atoms with E-state index in [9.17, 15) is 0 Å². The molecule has 0 saturated carbocycles. The molecule has 1 aliphatic rings. The molecule has 120 valence electrons. The fourth-order valence-corrected chi connectivity index (χ4v) is 3.69. The van der Waals surface area contributed by atoms with Crippen molar-refractivity contribution in [3.63, 3.8) is 0 Å². The monoisotopic (exact) mass is 316 g/mol. The van der Waals surface area contributed by atoms with Crippen LogP contribution in [0.3, 0.4) is 0 Å². The summed E-state index contributed by atoms with van der Waals surface area (Å²) in [7, 11) is 0. The summed E-state index contributed by atoms with van der Waals surface area (Å²) in [6.07, 6.45) is 0.911. The molecule has 1 aliphatic heterocycles. The molecule has 1 saturated heterocycles. The van der Waals surface area contributed by atoms with Crippen molar-refractivity contribution in [2.45, 2.75) is 17.9 Å². The first-order valence-corrected chi connectivity index (χ1v) is 8.38. The zero-order valence-corrected chi connectivity index (χ0v) is 13.5. The molecule has 3 aromatic rings. The summed E-state index contributed by atoms with van der Waals surface area (Å²) in [4.78, 5) is 11.7. The summed E-state index contributed by atoms with van der Waals surface area (Å²) < 4.78 is 0. The lowest BCUT2D eigenvalue weighted by atomic mass is 9.71. The molecule has 0 bridgehead atoms. The van der Waals surface area contributed by atoms with Crippen LogP contribution in [0.2, 0.25) is 0 Å². The molecule has 24 heavy (non-hydrogen) atoms. The molecule has 1 fully saturated rings. The van der Waals surface area contributed by atoms with Crippen LogP contribution in [0, 0.1) is 0 Å². The number of hydrogen-bond acceptors (Lipinski definition) is 2. The Bertz CT molecular complexity index is 729. The van der Waals surface area contributed by atoms with Crippen molar-refractivity contribution in [2.24, 2.45) is 0 Å². The van der Waals surface area contributed by atoms with E-state index < -0.39 is 5.60 Å². The van der Waals surface area contributed by atoms with Crippen LogP contribution in [0.15, 0.2) is 91.0 Å². The van der Waals surface area contributed by atoms with Gasteiger partial charge in [0.2, 0.25) is 0 Å². The minimum absolute atomic E-state index is 0.192. The van der Waals surface area contributed by atoms with E-state index in [0.29, 0.717) is 6.61 Å². The fourth-order valence-electron chi connectivity index (χ4n) is 3.69. The zero-order valence-electron chi connectivity index (χ0n) is 13.5. The summed E-state index contributed by atoms with van der Waals surface area (Å²) >= 11 is 0. The molecule has 1 heterocycles. The van der Waals surface area contributed by atoms with E-state index in [1.54, 1.807) is 0 Å². The molecule has 0 spiro atoms. The van der Waals surface area contributed by atoms with Crippen LogP contribution >= 0.6 is 0 Å². The van der Waals surface area contributed by atoms with Crippen molar-refractivity contribution in [1.29, 1.82) is 0 Å². The molecular weight excluding hydrogens is 296 g/mol. The largest absolute Gasteiger partial charge is 0.235 e. The minimum Gasteiger partial charge on any atom is -0.235 e. The van der Waals surface area contributed by atoms with Crippen molar-refractivity contribution >= 4 is 0 Å². The third-order valence-electron chi connectivity index (χ3n) is 4.78. The van der Waals surface area contributed by atoms with E-state index in [-0.39, 0.29) is 5.92 Å². The zero-order chi connectivity index (χ0) is 16.2. The van der Waals surface area contributed by atoms with Crippen LogP contribution in [-0.4, -0.2) is 6.61 Å². The highest BCUT2D eigenvalue weighted by atomic mass is 17.2. The topological polar surface area (TPSA) is 18.5 Å². The predicted octanol–water partition coefficient (Wildman–Crippen LogP) is 5.07. The van der Waals surface area contributed by atoms with Gasteiger partial charge in [-0.2, -0.15) is 0 Å². The standard InChI is InChI=1S/C22H20O2/c1-4-10-18(11-5-1)21-16-17-23-24-22(21,19-12-6-2-7-13-19)20-14-8-3-9-15-20/h1-15,21H,16-17H2. The van der Waals surface area contributed by atoms with Gasteiger partial charge in [0.1, 0.15) is 0 Å². The molecular formula is C22H20O2. The maximum Gasteiger partial charge on any atom is 0.160 e. The van der Waals surface area contributed by atoms with Gasteiger partial charge in [-0.15, -0.1) is 0 Å². The smallest absolute Gasteiger partial charge is 0.160 e. The van der Waals surface area contributed by atoms with Crippen molar-refractivity contribution in [1.82, 2.24) is 0 Å². The first-order chi connectivity index (χ1) is 11.9. The second-order valence-corrected chi connectivity index (χ2v) is 6.12. The molecule has 0 radical (unpaired) electrons. The van der Waals surface area contributed by atoms with Gasteiger partial charge in [-0.3, -0.25) is 0 Å². The Kier molecular flexibility index (Phi) is 4.16. The third-order valence-corrected chi connectivity index (χ3v) is 4.78. The maximum absolute atomic E-state index is 6.10. The summed E-state index contributed by atoms with van der Waals surface area (Å²) in [5.41, 5.74) is 2.87. The Balaban J connectivity index is 1.94. The number of rotatable bonds is 3. The molecule has 0 amide bonds. The first kappa shape index (κ1) is 15.1. The van der Waals surface area contributed by atoms with E-state index in [1.165, 1.54) is 5.56 Å². The van der Waals surface area contributed by atoms with Gasteiger partial charge in [0.15, 0.2) is 5.60 Å². The Morgan fingerprint density at radius 1 is 0.667 bits per heavy atom. The average Bonchev–Trinajstić information content (AvgIpc) is 2.70. The Morgan fingerprint density at radius 3 is 1.71 bits per heavy atom. The molecule has 0 aromatic heterocycles. The van der Waals surface area contributed by atoms with Gasteiger partial charge in [-0.1, -0.05) is 91.0 Å². The molecule has 2 nitrogen and oxygen atoms in total. The Morgan fingerprint density at radius 2 is 1.17 bits per heavy atom. The highest BCUT2D eigenvalue weighted by molar-refractivity contribution is 5.42. The van der Waals surface area contributed by atoms with Crippen molar-refractivity contribution in [3.05, 3.63) is 108 Å². The average molecular weight is 316 g/mol. The Labute approximate surface area is 142 Å². The molecule has 4 rings (SSSR count). The van der Waals surface area contributed by atoms with Gasteiger partial charge in [-0.05, 0) is 23.1 Å². The second kappa shape index (κ2) is 6.60. The maximum atomic E-state index is 6.10. The van der Waals surface area contributed by atoms with Crippen LogP contribution in [-0.2, 0) is 15.4 Å². The molecule has 2 heteroatoms. The lowest BCUT2D eigenvalue weighted by Crippen LogP contribution is -2.42. The Hall–Kier alpha value is -2.42. The summed E-state index contributed by atoms with van der Waals surface area (Å²) in [5.74, 6) is 0.192. The van der Waals surface area contributed by atoms with Crippen molar-refractivity contribution in [2.75, 3.05) is 6.61 Å². The molecule has 0 aliphatic carbocycles. The number of benzene rings is 3. The summed E-state index contributed by atoms with van der Waals surface area (Å²) in [5, 5.41) is 0. The van der Waals surface area contributed by atoms with Crippen LogP contribution in [0.1, 0.15) is 29.0 Å². The lowest BCUT2D eigenvalue weighted by molar-refractivity contribution is -0.383. The molecule has 1 atom stereocenters. The highest BCUT2D eigenvalue weighted by Gasteiger charge is 2.47. The third kappa shape index (κ3) is 2.54. The van der Waals surface area contributed by atoms with Gasteiger partial charge >= 0.3 is 0 Å². The van der Waals surface area contributed by atoms with Gasteiger partial charge in [0.25, 0.3) is 0 Å². The van der Waals surface area contributed by atoms with Crippen LogP contribution < -0.4 is 0 Å². The minimum atomic E-state index is -0.637. The van der Waals surface area contributed by atoms with E-state index in [2.05, 4.69) is 78.9 Å². The normalized spacial score (nSPS) is 19.8. The molecule has 0 N–H and O–H groups in total. The van der Waals surface area contributed by atoms with E-state index in [1.807, 2.05) is 12.1 Å². The quantitative estimate of drug-likeness (QED) is 0.628. The lowest BCUT2D eigenvalue weighted by Gasteiger charge is -2.43. The van der Waals surface area contributed by atoms with E-state index in [0.717, 1.165) is 17.5 Å². The second-order valence-electron chi connectivity index (χ2n) is 6.12. The first-order valence-electron chi connectivity index (χ1n) is 8.38. The van der Waals surface area contributed by atoms with Crippen molar-refractivity contribution in [3.8, 4) is 0 Å². The molecule has 1 unspecified atom stereocenters. The van der Waals surface area contributed by atoms with E-state index >= 15 is 0 Å². The van der Waals surface area contributed by atoms with Crippen molar-refractivity contribution < 1.29 is 9.78 Å². The van der Waals surface area contributed by atoms with Gasteiger partial charge in [0, 0.05) is 5.92 Å². The molecule has 3 aromatic carbocycles. The predicted molar refractivity (Wildman–Crippen MR) is 94.5 cm³/mol. The number of hydrogen-bond donors (Lipinski definition) is 0. The van der Waals surface area contributed by atoms with Crippen LogP contribution in [0.5, 0.6) is 0 Å². The van der Waals surface area contributed by atoms with Gasteiger partial charge in [0.05, 0.1) is 6.61 Å². The SMILES string of the molecule is c1ccc(C2CCOOC2(c2ccccc2)c2ccccc2)cc1. The summed E-state index contributed by atoms with van der Waals surface area (Å²) in [6.45, 7) is 0.598. The van der Waals surface area contributed by atoms with Gasteiger partial charge in [-0.25, -0.2) is 9.78 Å². The highest BCUT2D eigenvalue weighted by Crippen LogP contribution is 2.49. The van der Waals surface area contributed by atoms with Crippen LogP contribution in [0.4, 0.5) is 0 Å². The van der Waals surface area contributed by atoms with Gasteiger partial charge < -0.3 is 0 Å². The fraction of sp³-hybridized carbons (Fsp3) is 0.182. The van der Waals surface area contributed by atoms with E-state index in [4.69, 9.17) is 9.78 Å².